The second-order valence-corrected chi connectivity index (χ2v) is 9.27. The Morgan fingerprint density at radius 3 is 2.48 bits per heavy atom. The third kappa shape index (κ3) is 9.08. The first kappa shape index (κ1) is 33.9. The van der Waals surface area contributed by atoms with Crippen LogP contribution < -0.4 is 10.1 Å². The molecule has 0 saturated carbocycles. The number of ether oxygens (including phenoxy) is 1. The molecular weight excluding hydrogens is 549 g/mol. The van der Waals surface area contributed by atoms with Gasteiger partial charge in [-0.05, 0) is 30.7 Å². The molecule has 0 aliphatic rings. The molecule has 1 unspecified atom stereocenters. The molecule has 228 valence electrons. The number of rotatable bonds is 12. The van der Waals surface area contributed by atoms with E-state index in [0.717, 1.165) is 6.07 Å². The van der Waals surface area contributed by atoms with E-state index in [0.29, 0.717) is 24.1 Å². The summed E-state index contributed by atoms with van der Waals surface area (Å²) in [5.41, 5.74) is 0.845. The molecule has 2 heterocycles. The SMILES string of the molecule is CC.CCC/C=C(/C(=C\N(C)CC(=O)N(C)C)NC(=O)c1cnn2cccnc12)c1cc(C(F)F)ccc1OC(C)F. The third-order valence-electron chi connectivity index (χ3n) is 5.77. The summed E-state index contributed by atoms with van der Waals surface area (Å²) in [7, 11) is 4.87. The van der Waals surface area contributed by atoms with Crippen LogP contribution in [0.1, 0.15) is 68.4 Å². The lowest BCUT2D eigenvalue weighted by Crippen LogP contribution is -2.33. The highest BCUT2D eigenvalue weighted by Gasteiger charge is 2.23. The monoisotopic (exact) mass is 588 g/mol. The van der Waals surface area contributed by atoms with Crippen LogP contribution in [0.25, 0.3) is 11.2 Å². The Labute approximate surface area is 244 Å². The summed E-state index contributed by atoms with van der Waals surface area (Å²) < 4.78 is 48.2. The van der Waals surface area contributed by atoms with E-state index in [4.69, 9.17) is 4.74 Å². The van der Waals surface area contributed by atoms with Gasteiger partial charge in [-0.1, -0.05) is 33.3 Å². The van der Waals surface area contributed by atoms with E-state index in [-0.39, 0.29) is 40.6 Å². The number of hydrogen-bond donors (Lipinski definition) is 1. The minimum Gasteiger partial charge on any atom is -0.460 e. The quantitative estimate of drug-likeness (QED) is 0.267. The van der Waals surface area contributed by atoms with Crippen LogP contribution in [0.5, 0.6) is 5.75 Å². The maximum atomic E-state index is 14.0. The smallest absolute Gasteiger partial charge is 0.263 e. The number of carbonyl (C=O) groups is 2. The normalized spacial score (nSPS) is 12.5. The fourth-order valence-electron chi connectivity index (χ4n) is 3.79. The number of fused-ring (bicyclic) bond motifs is 1. The first-order valence-electron chi connectivity index (χ1n) is 13.7. The number of alkyl halides is 3. The van der Waals surface area contributed by atoms with Crippen LogP contribution in [0.4, 0.5) is 13.2 Å². The highest BCUT2D eigenvalue weighted by molar-refractivity contribution is 6.02. The predicted octanol–water partition coefficient (Wildman–Crippen LogP) is 5.86. The standard InChI is InChI=1S/C28H33F3N6O3.C2H6/c1-6-7-9-20(21-14-19(26(30)31)10-11-24(21)40-18(2)29)23(16-36(5)17-25(38)35(3)4)34-28(39)22-15-33-37-13-8-12-32-27(22)37;1-2/h8-16,18,26H,6-7,17H2,1-5H3,(H,34,39);1-2H3/b20-9+,23-16+;. The molecule has 2 aromatic heterocycles. The number of halogens is 3. The molecule has 1 aromatic carbocycles. The van der Waals surface area contributed by atoms with Crippen LogP contribution in [0.3, 0.4) is 0 Å². The van der Waals surface area contributed by atoms with Gasteiger partial charge >= 0.3 is 0 Å². The van der Waals surface area contributed by atoms with Gasteiger partial charge in [0.05, 0.1) is 18.4 Å². The average Bonchev–Trinajstić information content (AvgIpc) is 3.39. The van der Waals surface area contributed by atoms with Crippen molar-refractivity contribution in [2.45, 2.75) is 53.3 Å². The van der Waals surface area contributed by atoms with E-state index >= 15 is 0 Å². The van der Waals surface area contributed by atoms with Crippen LogP contribution in [0.15, 0.2) is 60.8 Å². The Balaban J connectivity index is 0.00000301. The highest BCUT2D eigenvalue weighted by atomic mass is 19.3. The Bertz CT molecular complexity index is 1400. The van der Waals surface area contributed by atoms with Crippen molar-refractivity contribution < 1.29 is 27.5 Å². The van der Waals surface area contributed by atoms with Crippen LogP contribution in [0.2, 0.25) is 0 Å². The van der Waals surface area contributed by atoms with Crippen molar-refractivity contribution in [2.24, 2.45) is 0 Å². The number of benzene rings is 1. The largest absolute Gasteiger partial charge is 0.460 e. The van der Waals surface area contributed by atoms with Crippen molar-refractivity contribution in [3.05, 3.63) is 77.5 Å². The van der Waals surface area contributed by atoms with Crippen LogP contribution in [-0.4, -0.2) is 70.3 Å². The highest BCUT2D eigenvalue weighted by Crippen LogP contribution is 2.35. The van der Waals surface area contributed by atoms with E-state index in [1.54, 1.807) is 44.4 Å². The van der Waals surface area contributed by atoms with Crippen molar-refractivity contribution >= 4 is 23.0 Å². The summed E-state index contributed by atoms with van der Waals surface area (Å²) in [4.78, 5) is 33.1. The third-order valence-corrected chi connectivity index (χ3v) is 5.77. The minimum atomic E-state index is -2.80. The van der Waals surface area contributed by atoms with Crippen LogP contribution in [0, 0.1) is 0 Å². The molecular formula is C30H39F3N6O3. The molecule has 0 aliphatic carbocycles. The van der Waals surface area contributed by atoms with E-state index in [2.05, 4.69) is 15.4 Å². The van der Waals surface area contributed by atoms with E-state index in [1.807, 2.05) is 20.8 Å². The number of likely N-dealkylation sites (N-methyl/N-ethyl adjacent to an activating group) is 2. The lowest BCUT2D eigenvalue weighted by Gasteiger charge is -2.23. The molecule has 1 atom stereocenters. The Morgan fingerprint density at radius 2 is 1.86 bits per heavy atom. The molecule has 0 radical (unpaired) electrons. The summed E-state index contributed by atoms with van der Waals surface area (Å²) in [5, 5.41) is 6.99. The van der Waals surface area contributed by atoms with Crippen molar-refractivity contribution in [1.29, 1.82) is 0 Å². The lowest BCUT2D eigenvalue weighted by molar-refractivity contribution is -0.129. The second kappa shape index (κ2) is 16.2. The molecule has 42 heavy (non-hydrogen) atoms. The van der Waals surface area contributed by atoms with Gasteiger partial charge in [0.25, 0.3) is 12.3 Å². The van der Waals surface area contributed by atoms with Crippen molar-refractivity contribution in [3.63, 3.8) is 0 Å². The number of amides is 2. The number of hydrogen-bond acceptors (Lipinski definition) is 6. The number of allylic oxidation sites excluding steroid dienone is 2. The molecule has 2 amide bonds. The maximum absolute atomic E-state index is 14.0. The van der Waals surface area contributed by atoms with Gasteiger partial charge in [0, 0.05) is 63.4 Å². The summed E-state index contributed by atoms with van der Waals surface area (Å²) in [6.07, 6.45) is 4.48. The van der Waals surface area contributed by atoms with Crippen molar-refractivity contribution in [3.8, 4) is 5.75 Å². The molecule has 0 spiro atoms. The van der Waals surface area contributed by atoms with Gasteiger partial charge in [0.15, 0.2) is 5.65 Å². The summed E-state index contributed by atoms with van der Waals surface area (Å²) in [6, 6.07) is 5.32. The zero-order chi connectivity index (χ0) is 31.4. The maximum Gasteiger partial charge on any atom is 0.263 e. The molecule has 0 aliphatic heterocycles. The lowest BCUT2D eigenvalue weighted by atomic mass is 9.97. The van der Waals surface area contributed by atoms with Gasteiger partial charge in [-0.25, -0.2) is 22.7 Å². The van der Waals surface area contributed by atoms with Crippen LogP contribution >= 0.6 is 0 Å². The zero-order valence-electron chi connectivity index (χ0n) is 25.1. The molecule has 3 aromatic rings. The van der Waals surface area contributed by atoms with E-state index < -0.39 is 18.7 Å². The second-order valence-electron chi connectivity index (χ2n) is 9.27. The fraction of sp³-hybridized carbons (Fsp3) is 0.400. The van der Waals surface area contributed by atoms with E-state index in [1.165, 1.54) is 47.1 Å². The summed E-state index contributed by atoms with van der Waals surface area (Å²) in [6.45, 7) is 7.07. The number of aromatic nitrogens is 3. The Hall–Kier alpha value is -4.35. The van der Waals surface area contributed by atoms with Crippen molar-refractivity contribution in [1.82, 2.24) is 29.7 Å². The van der Waals surface area contributed by atoms with Crippen molar-refractivity contribution in [2.75, 3.05) is 27.7 Å². The fourth-order valence-corrected chi connectivity index (χ4v) is 3.79. The molecule has 1 N–H and O–H groups in total. The Morgan fingerprint density at radius 1 is 1.14 bits per heavy atom. The number of unbranched alkanes of at least 4 members (excludes halogenated alkanes) is 1. The molecule has 12 heteroatoms. The summed E-state index contributed by atoms with van der Waals surface area (Å²) >= 11 is 0. The van der Waals surface area contributed by atoms with Gasteiger partial charge in [0.2, 0.25) is 12.3 Å². The van der Waals surface area contributed by atoms with Gasteiger partial charge in [0.1, 0.15) is 11.3 Å². The summed E-state index contributed by atoms with van der Waals surface area (Å²) in [5.74, 6) is -0.752. The number of nitrogens with zero attached hydrogens (tertiary/aromatic N) is 5. The molecule has 0 bridgehead atoms. The average molecular weight is 589 g/mol. The van der Waals surface area contributed by atoms with E-state index in [9.17, 15) is 22.8 Å². The first-order valence-corrected chi connectivity index (χ1v) is 13.7. The minimum absolute atomic E-state index is 0.0200. The Kier molecular flexibility index (Phi) is 13.0. The first-order chi connectivity index (χ1) is 20.0. The van der Waals surface area contributed by atoms with Gasteiger partial charge in [-0.15, -0.1) is 0 Å². The van der Waals surface area contributed by atoms with Gasteiger partial charge in [-0.2, -0.15) is 5.10 Å². The number of carbonyl (C=O) groups excluding carboxylic acids is 2. The molecule has 0 fully saturated rings. The molecule has 0 saturated heterocycles. The predicted molar refractivity (Wildman–Crippen MR) is 157 cm³/mol. The topological polar surface area (TPSA) is 92.1 Å². The number of nitrogens with one attached hydrogen (secondary N) is 1. The van der Waals surface area contributed by atoms with Crippen LogP contribution in [-0.2, 0) is 4.79 Å². The molecule has 3 rings (SSSR count). The molecule has 9 nitrogen and oxygen atoms in total. The zero-order valence-corrected chi connectivity index (χ0v) is 25.1. The van der Waals surface area contributed by atoms with Gasteiger partial charge in [-0.3, -0.25) is 9.59 Å². The van der Waals surface area contributed by atoms with Gasteiger partial charge < -0.3 is 19.9 Å².